The van der Waals surface area contributed by atoms with Crippen molar-refractivity contribution in [3.05, 3.63) is 34.2 Å². The van der Waals surface area contributed by atoms with Gasteiger partial charge in [-0.1, -0.05) is 0 Å². The number of rotatable bonds is 6. The Hall–Kier alpha value is -1.39. The highest BCUT2D eigenvalue weighted by molar-refractivity contribution is 7.12. The molecule has 0 spiro atoms. The summed E-state index contributed by atoms with van der Waals surface area (Å²) in [5.41, 5.74) is 2.23. The van der Waals surface area contributed by atoms with Gasteiger partial charge in [0.2, 0.25) is 0 Å². The molecule has 0 fully saturated rings. The van der Waals surface area contributed by atoms with E-state index in [2.05, 4.69) is 19.1 Å². The van der Waals surface area contributed by atoms with Crippen molar-refractivity contribution in [2.24, 2.45) is 0 Å². The van der Waals surface area contributed by atoms with E-state index in [1.807, 2.05) is 12.1 Å². The number of ether oxygens (including phenoxy) is 2. The average molecular weight is 277 g/mol. The Labute approximate surface area is 118 Å². The van der Waals surface area contributed by atoms with Gasteiger partial charge in [-0.15, -0.1) is 11.3 Å². The van der Waals surface area contributed by atoms with Crippen molar-refractivity contribution in [1.29, 1.82) is 0 Å². The predicted molar refractivity (Wildman–Crippen MR) is 79.0 cm³/mol. The predicted octanol–water partition coefficient (Wildman–Crippen LogP) is 3.71. The minimum atomic E-state index is 0.788. The van der Waals surface area contributed by atoms with Crippen molar-refractivity contribution < 1.29 is 9.47 Å². The van der Waals surface area contributed by atoms with Crippen LogP contribution in [0.4, 0.5) is 0 Å². The molecule has 0 aliphatic carbocycles. The highest BCUT2D eigenvalue weighted by atomic mass is 32.1. The van der Waals surface area contributed by atoms with Gasteiger partial charge in [-0.05, 0) is 37.6 Å². The lowest BCUT2D eigenvalue weighted by molar-refractivity contribution is 0.195. The van der Waals surface area contributed by atoms with Gasteiger partial charge in [-0.3, -0.25) is 0 Å². The molecule has 0 saturated heterocycles. The van der Waals surface area contributed by atoms with Crippen molar-refractivity contribution in [3.8, 4) is 17.0 Å². The van der Waals surface area contributed by atoms with Crippen molar-refractivity contribution in [2.45, 2.75) is 19.8 Å². The summed E-state index contributed by atoms with van der Waals surface area (Å²) in [7, 11) is 3.41. The Balaban J connectivity index is 2.14. The third kappa shape index (κ3) is 3.55. The molecule has 0 unspecified atom stereocenters. The number of benzene rings is 1. The molecule has 19 heavy (non-hydrogen) atoms. The van der Waals surface area contributed by atoms with Gasteiger partial charge in [0.15, 0.2) is 0 Å². The molecule has 0 radical (unpaired) electrons. The van der Waals surface area contributed by atoms with Gasteiger partial charge in [-0.2, -0.15) is 0 Å². The fourth-order valence-corrected chi connectivity index (χ4v) is 2.94. The Kier molecular flexibility index (Phi) is 4.93. The van der Waals surface area contributed by atoms with E-state index in [1.54, 1.807) is 25.6 Å². The van der Waals surface area contributed by atoms with E-state index in [-0.39, 0.29) is 0 Å². The number of hydrogen-bond donors (Lipinski definition) is 0. The lowest BCUT2D eigenvalue weighted by Gasteiger charge is -2.01. The zero-order chi connectivity index (χ0) is 13.7. The van der Waals surface area contributed by atoms with Crippen LogP contribution in [-0.4, -0.2) is 25.8 Å². The molecule has 0 atom stereocenters. The molecular weight excluding hydrogens is 258 g/mol. The maximum atomic E-state index is 5.17. The second kappa shape index (κ2) is 6.68. The van der Waals surface area contributed by atoms with Gasteiger partial charge in [0, 0.05) is 30.6 Å². The van der Waals surface area contributed by atoms with Crippen LogP contribution in [0.5, 0.6) is 5.75 Å². The molecule has 0 aliphatic heterocycles. The third-order valence-corrected chi connectivity index (χ3v) is 3.97. The van der Waals surface area contributed by atoms with Crippen LogP contribution in [0, 0.1) is 6.92 Å². The van der Waals surface area contributed by atoms with Crippen molar-refractivity contribution in [1.82, 2.24) is 4.98 Å². The summed E-state index contributed by atoms with van der Waals surface area (Å²) >= 11 is 1.77. The summed E-state index contributed by atoms with van der Waals surface area (Å²) in [5, 5.41) is 1.18. The second-order valence-electron chi connectivity index (χ2n) is 4.34. The Morgan fingerprint density at radius 1 is 1.16 bits per heavy atom. The Morgan fingerprint density at radius 3 is 2.53 bits per heavy atom. The number of aryl methyl sites for hydroxylation is 2. The van der Waals surface area contributed by atoms with Crippen LogP contribution in [0.3, 0.4) is 0 Å². The van der Waals surface area contributed by atoms with Gasteiger partial charge in [0.05, 0.1) is 17.8 Å². The quantitative estimate of drug-likeness (QED) is 0.754. The fourth-order valence-electron chi connectivity index (χ4n) is 1.94. The summed E-state index contributed by atoms with van der Waals surface area (Å²) in [6, 6.07) is 8.05. The molecule has 0 N–H and O–H groups in total. The van der Waals surface area contributed by atoms with Crippen LogP contribution in [0.25, 0.3) is 11.3 Å². The van der Waals surface area contributed by atoms with Crippen LogP contribution < -0.4 is 4.74 Å². The lowest BCUT2D eigenvalue weighted by Crippen LogP contribution is -1.92. The SMILES string of the molecule is COCCCc1nc(-c2ccc(OC)cc2)c(C)s1. The van der Waals surface area contributed by atoms with E-state index in [1.165, 1.54) is 9.88 Å². The first-order valence-corrected chi connectivity index (χ1v) is 7.16. The van der Waals surface area contributed by atoms with Crippen LogP contribution >= 0.6 is 11.3 Å². The highest BCUT2D eigenvalue weighted by Gasteiger charge is 2.09. The van der Waals surface area contributed by atoms with E-state index in [4.69, 9.17) is 14.5 Å². The number of hydrogen-bond acceptors (Lipinski definition) is 4. The van der Waals surface area contributed by atoms with Crippen molar-refractivity contribution in [3.63, 3.8) is 0 Å². The molecule has 1 heterocycles. The number of aromatic nitrogens is 1. The van der Waals surface area contributed by atoms with Crippen molar-refractivity contribution >= 4 is 11.3 Å². The van der Waals surface area contributed by atoms with E-state index in [0.29, 0.717) is 0 Å². The van der Waals surface area contributed by atoms with Gasteiger partial charge in [0.1, 0.15) is 5.75 Å². The Morgan fingerprint density at radius 2 is 1.89 bits per heavy atom. The molecule has 0 amide bonds. The van der Waals surface area contributed by atoms with Crippen LogP contribution in [0.15, 0.2) is 24.3 Å². The first kappa shape index (κ1) is 14.0. The van der Waals surface area contributed by atoms with Crippen LogP contribution in [-0.2, 0) is 11.2 Å². The molecule has 2 rings (SSSR count). The normalized spacial score (nSPS) is 10.7. The monoisotopic (exact) mass is 277 g/mol. The molecule has 1 aromatic heterocycles. The third-order valence-electron chi connectivity index (χ3n) is 2.94. The first-order valence-electron chi connectivity index (χ1n) is 6.34. The zero-order valence-corrected chi connectivity index (χ0v) is 12.4. The second-order valence-corrected chi connectivity index (χ2v) is 5.62. The minimum absolute atomic E-state index is 0.788. The van der Waals surface area contributed by atoms with Gasteiger partial charge in [0.25, 0.3) is 0 Å². The van der Waals surface area contributed by atoms with E-state index >= 15 is 0 Å². The summed E-state index contributed by atoms with van der Waals surface area (Å²) in [6.45, 7) is 2.91. The smallest absolute Gasteiger partial charge is 0.118 e. The minimum Gasteiger partial charge on any atom is -0.497 e. The summed E-state index contributed by atoms with van der Waals surface area (Å²) in [6.07, 6.45) is 2.00. The number of methoxy groups -OCH3 is 2. The highest BCUT2D eigenvalue weighted by Crippen LogP contribution is 2.29. The van der Waals surface area contributed by atoms with E-state index < -0.39 is 0 Å². The van der Waals surface area contributed by atoms with E-state index in [9.17, 15) is 0 Å². The maximum Gasteiger partial charge on any atom is 0.118 e. The fraction of sp³-hybridized carbons (Fsp3) is 0.400. The van der Waals surface area contributed by atoms with Crippen LogP contribution in [0.1, 0.15) is 16.3 Å². The topological polar surface area (TPSA) is 31.4 Å². The van der Waals surface area contributed by atoms with Gasteiger partial charge in [-0.25, -0.2) is 4.98 Å². The van der Waals surface area contributed by atoms with Crippen LogP contribution in [0.2, 0.25) is 0 Å². The molecule has 0 saturated carbocycles. The molecule has 4 heteroatoms. The largest absolute Gasteiger partial charge is 0.497 e. The van der Waals surface area contributed by atoms with Gasteiger partial charge < -0.3 is 9.47 Å². The summed E-state index contributed by atoms with van der Waals surface area (Å²) < 4.78 is 10.2. The van der Waals surface area contributed by atoms with Gasteiger partial charge >= 0.3 is 0 Å². The molecule has 102 valence electrons. The maximum absolute atomic E-state index is 5.17. The molecule has 0 aliphatic rings. The Bertz CT molecular complexity index is 519. The zero-order valence-electron chi connectivity index (χ0n) is 11.6. The average Bonchev–Trinajstić information content (AvgIpc) is 2.80. The molecular formula is C15H19NO2S. The molecule has 3 nitrogen and oxygen atoms in total. The standard InChI is InChI=1S/C15H19NO2S/c1-11-15(12-6-8-13(18-3)9-7-12)16-14(19-11)5-4-10-17-2/h6-9H,4-5,10H2,1-3H3. The van der Waals surface area contributed by atoms with Crippen molar-refractivity contribution in [2.75, 3.05) is 20.8 Å². The summed E-state index contributed by atoms with van der Waals surface area (Å²) in [5.74, 6) is 0.872. The molecule has 2 aromatic rings. The lowest BCUT2D eigenvalue weighted by atomic mass is 10.1. The number of nitrogens with zero attached hydrogens (tertiary/aromatic N) is 1. The van der Waals surface area contributed by atoms with E-state index in [0.717, 1.165) is 36.5 Å². The molecule has 0 bridgehead atoms. The molecule has 1 aromatic carbocycles. The summed E-state index contributed by atoms with van der Waals surface area (Å²) in [4.78, 5) is 5.99. The first-order chi connectivity index (χ1) is 9.24. The number of thiazole rings is 1.